The molecule has 2 heteroatoms. The molecule has 62 valence electrons. The predicted molar refractivity (Wildman–Crippen MR) is 53.2 cm³/mol. The Bertz CT molecular complexity index is 381. The van der Waals surface area contributed by atoms with Crippen molar-refractivity contribution in [3.8, 4) is 11.0 Å². The van der Waals surface area contributed by atoms with E-state index in [9.17, 15) is 4.39 Å². The van der Waals surface area contributed by atoms with Crippen LogP contribution in [0.25, 0.3) is 11.0 Å². The van der Waals surface area contributed by atoms with Gasteiger partial charge in [0.2, 0.25) is 0 Å². The van der Waals surface area contributed by atoms with Crippen LogP contribution in [-0.4, -0.2) is 6.91 Å². The Labute approximate surface area is 77.3 Å². The molecule has 2 rings (SSSR count). The van der Waals surface area contributed by atoms with Crippen molar-refractivity contribution in [2.45, 2.75) is 0 Å². The average Bonchev–Trinajstić information content (AvgIpc) is 2.20. The van der Waals surface area contributed by atoms with Crippen LogP contribution in [0, 0.1) is 5.82 Å². The van der Waals surface area contributed by atoms with Crippen molar-refractivity contribution >= 4 is 6.91 Å². The second kappa shape index (κ2) is 3.52. The topological polar surface area (TPSA) is 0 Å². The van der Waals surface area contributed by atoms with Crippen molar-refractivity contribution in [1.82, 2.24) is 0 Å². The fraction of sp³-hybridized carbons (Fsp3) is 0. The van der Waals surface area contributed by atoms with Crippen LogP contribution >= 0.6 is 0 Å². The van der Waals surface area contributed by atoms with Crippen LogP contribution < -0.4 is 0 Å². The van der Waals surface area contributed by atoms with E-state index in [-0.39, 0.29) is 5.82 Å². The number of hydrogen-bond donors (Lipinski definition) is 0. The van der Waals surface area contributed by atoms with Gasteiger partial charge in [0.1, 0.15) is 0 Å². The van der Waals surface area contributed by atoms with Crippen LogP contribution in [0.1, 0.15) is 0 Å². The zero-order valence-corrected chi connectivity index (χ0v) is 7.07. The SMILES string of the molecule is Fc1ccc(-c2bcccc2)cc1. The molecular formula is C11H8BF. The summed E-state index contributed by atoms with van der Waals surface area (Å²) < 4.78 is 12.6. The second-order valence-corrected chi connectivity index (χ2v) is 2.87. The summed E-state index contributed by atoms with van der Waals surface area (Å²) in [6, 6.07) is 12.5. The van der Waals surface area contributed by atoms with Gasteiger partial charge in [0.25, 0.3) is 0 Å². The van der Waals surface area contributed by atoms with Crippen LogP contribution in [0.5, 0.6) is 0 Å². The van der Waals surface area contributed by atoms with Crippen molar-refractivity contribution in [3.63, 3.8) is 0 Å². The fourth-order valence-corrected chi connectivity index (χ4v) is 1.27. The maximum absolute atomic E-state index is 12.6. The van der Waals surface area contributed by atoms with E-state index in [2.05, 4.69) is 0 Å². The molecule has 0 aliphatic rings. The molecule has 1 heterocycles. The van der Waals surface area contributed by atoms with Crippen molar-refractivity contribution < 1.29 is 4.39 Å². The van der Waals surface area contributed by atoms with E-state index in [0.29, 0.717) is 0 Å². The van der Waals surface area contributed by atoms with Crippen LogP contribution in [0.2, 0.25) is 0 Å². The van der Waals surface area contributed by atoms with Gasteiger partial charge < -0.3 is 0 Å². The Morgan fingerprint density at radius 3 is 2.31 bits per heavy atom. The van der Waals surface area contributed by atoms with E-state index >= 15 is 0 Å². The zero-order valence-electron chi connectivity index (χ0n) is 7.07. The van der Waals surface area contributed by atoms with Crippen molar-refractivity contribution in [2.75, 3.05) is 0 Å². The van der Waals surface area contributed by atoms with Gasteiger partial charge in [0.15, 0.2) is 0 Å². The standard InChI is InChI=1S/C11H8BF/c13-10-6-4-9(5-7-10)11-3-1-2-8-12-11/h1-8H. The van der Waals surface area contributed by atoms with Gasteiger partial charge in [-0.1, -0.05) is 0 Å². The van der Waals surface area contributed by atoms with Crippen LogP contribution in [0.15, 0.2) is 48.4 Å². The summed E-state index contributed by atoms with van der Waals surface area (Å²) in [5, 5.41) is 0. The van der Waals surface area contributed by atoms with Crippen LogP contribution in [0.3, 0.4) is 0 Å². The Balaban J connectivity index is 2.42. The summed E-state index contributed by atoms with van der Waals surface area (Å²) in [6.45, 7) is 2.01. The molecule has 1 aromatic carbocycles. The van der Waals surface area contributed by atoms with Gasteiger partial charge in [-0.3, -0.25) is 0 Å². The third-order valence-corrected chi connectivity index (χ3v) is 1.95. The average molecular weight is 170 g/mol. The van der Waals surface area contributed by atoms with Gasteiger partial charge >= 0.3 is 76.6 Å². The van der Waals surface area contributed by atoms with Gasteiger partial charge in [-0.15, -0.1) is 0 Å². The Kier molecular flexibility index (Phi) is 2.22. The Morgan fingerprint density at radius 1 is 0.923 bits per heavy atom. The van der Waals surface area contributed by atoms with Gasteiger partial charge in [-0.05, 0) is 0 Å². The van der Waals surface area contributed by atoms with Gasteiger partial charge in [-0.2, -0.15) is 0 Å². The van der Waals surface area contributed by atoms with Gasteiger partial charge in [0, 0.05) is 0 Å². The molecule has 1 aromatic heterocycles. The minimum absolute atomic E-state index is 0.195. The molecule has 0 N–H and O–H groups in total. The first-order valence-corrected chi connectivity index (χ1v) is 4.17. The molecule has 0 aliphatic heterocycles. The van der Waals surface area contributed by atoms with Crippen LogP contribution in [0.4, 0.5) is 4.39 Å². The van der Waals surface area contributed by atoms with Gasteiger partial charge in [0.05, 0.1) is 0 Å². The summed E-state index contributed by atoms with van der Waals surface area (Å²) in [6.07, 6.45) is 0. The molecule has 0 radical (unpaired) electrons. The summed E-state index contributed by atoms with van der Waals surface area (Å²) in [5.74, 6) is 1.78. The molecule has 0 bridgehead atoms. The number of benzene rings is 1. The monoisotopic (exact) mass is 170 g/mol. The molecule has 0 fully saturated rings. The molecule has 0 atom stereocenters. The zero-order chi connectivity index (χ0) is 9.10. The quantitative estimate of drug-likeness (QED) is 0.617. The Hall–Kier alpha value is -1.44. The first-order valence-electron chi connectivity index (χ1n) is 4.17. The van der Waals surface area contributed by atoms with E-state index in [4.69, 9.17) is 0 Å². The normalized spacial score (nSPS) is 9.62. The van der Waals surface area contributed by atoms with Crippen LogP contribution in [-0.2, 0) is 0 Å². The molecule has 0 amide bonds. The second-order valence-electron chi connectivity index (χ2n) is 2.87. The Morgan fingerprint density at radius 2 is 1.69 bits per heavy atom. The number of rotatable bonds is 1. The maximum atomic E-state index is 12.6. The number of hydrogen-bond acceptors (Lipinski definition) is 0. The predicted octanol–water partition coefficient (Wildman–Crippen LogP) is 2.83. The molecule has 0 saturated carbocycles. The molecule has 0 unspecified atom stereocenters. The summed E-state index contributed by atoms with van der Waals surface area (Å²) in [7, 11) is 0. The first-order chi connectivity index (χ1) is 6.36. The molecule has 2 aromatic rings. The number of halogens is 1. The molecule has 13 heavy (non-hydrogen) atoms. The van der Waals surface area contributed by atoms with E-state index in [1.165, 1.54) is 12.1 Å². The summed E-state index contributed by atoms with van der Waals surface area (Å²) in [4.78, 5) is 0. The first kappa shape index (κ1) is 8.18. The molecule has 0 nitrogen and oxygen atoms in total. The van der Waals surface area contributed by atoms with E-state index in [1.54, 1.807) is 12.1 Å². The molecule has 0 saturated heterocycles. The van der Waals surface area contributed by atoms with Gasteiger partial charge in [-0.25, -0.2) is 0 Å². The molecular weight excluding hydrogens is 162 g/mol. The summed E-state index contributed by atoms with van der Waals surface area (Å²) in [5.41, 5.74) is 2.16. The molecule has 0 spiro atoms. The van der Waals surface area contributed by atoms with Crippen molar-refractivity contribution in [3.05, 3.63) is 54.2 Å². The summed E-state index contributed by atoms with van der Waals surface area (Å²) >= 11 is 0. The van der Waals surface area contributed by atoms with Crippen molar-refractivity contribution in [2.24, 2.45) is 0 Å². The van der Waals surface area contributed by atoms with E-state index in [1.807, 2.05) is 31.1 Å². The molecule has 0 aliphatic carbocycles. The van der Waals surface area contributed by atoms with E-state index in [0.717, 1.165) is 11.0 Å². The van der Waals surface area contributed by atoms with Crippen molar-refractivity contribution in [1.29, 1.82) is 0 Å². The minimum atomic E-state index is -0.195. The third-order valence-electron chi connectivity index (χ3n) is 1.95. The van der Waals surface area contributed by atoms with E-state index < -0.39 is 0 Å². The fourth-order valence-electron chi connectivity index (χ4n) is 1.27. The third kappa shape index (κ3) is 1.83.